The lowest BCUT2D eigenvalue weighted by atomic mass is 9.33. The highest BCUT2D eigenvalue weighted by molar-refractivity contribution is 7.26. The van der Waals surface area contributed by atoms with Crippen LogP contribution < -0.4 is 31.1 Å². The summed E-state index contributed by atoms with van der Waals surface area (Å²) in [5.41, 5.74) is 24.1. The normalized spacial score (nSPS) is 17.8. The van der Waals surface area contributed by atoms with E-state index in [1.165, 1.54) is 112 Å². The van der Waals surface area contributed by atoms with Gasteiger partial charge in [-0.3, -0.25) is 0 Å². The highest BCUT2D eigenvalue weighted by Gasteiger charge is 2.49. The van der Waals surface area contributed by atoms with Crippen LogP contribution in [0.25, 0.3) is 10.1 Å². The van der Waals surface area contributed by atoms with Gasteiger partial charge in [0.15, 0.2) is 0 Å². The van der Waals surface area contributed by atoms with Crippen LogP contribution in [0, 0.1) is 13.8 Å². The Hall–Kier alpha value is -6.04. The van der Waals surface area contributed by atoms with Gasteiger partial charge >= 0.3 is 0 Å². The Kier molecular flexibility index (Phi) is 10.2. The lowest BCUT2D eigenvalue weighted by Crippen LogP contribution is -2.61. The first-order chi connectivity index (χ1) is 33.6. The Labute approximate surface area is 428 Å². The van der Waals surface area contributed by atoms with Crippen molar-refractivity contribution < 1.29 is 0 Å². The minimum absolute atomic E-state index is 0.00250. The summed E-state index contributed by atoms with van der Waals surface area (Å²) in [7, 11) is 0. The molecule has 2 aliphatic carbocycles. The zero-order valence-corrected chi connectivity index (χ0v) is 45.3. The molecule has 8 aromatic rings. The Bertz CT molecular complexity index is 3400. The molecule has 358 valence electrons. The van der Waals surface area contributed by atoms with E-state index in [0.29, 0.717) is 0 Å². The molecule has 12 rings (SSSR count). The van der Waals surface area contributed by atoms with Gasteiger partial charge in [0.2, 0.25) is 0 Å². The molecule has 0 spiro atoms. The Morgan fingerprint density at radius 1 is 0.493 bits per heavy atom. The highest BCUT2D eigenvalue weighted by Crippen LogP contribution is 2.55. The van der Waals surface area contributed by atoms with Gasteiger partial charge in [0, 0.05) is 44.5 Å². The molecule has 71 heavy (non-hydrogen) atoms. The van der Waals surface area contributed by atoms with E-state index in [4.69, 9.17) is 0 Å². The third-order valence-electron chi connectivity index (χ3n) is 17.5. The number of hydrogen-bond acceptors (Lipinski definition) is 4. The number of benzene rings is 7. The lowest BCUT2D eigenvalue weighted by molar-refractivity contribution is 0.331. The molecular formula is C66H70BN3S. The van der Waals surface area contributed by atoms with Crippen LogP contribution in [0.4, 0.5) is 50.5 Å². The first-order valence-corrected chi connectivity index (χ1v) is 27.1. The molecular weight excluding hydrogens is 878 g/mol. The van der Waals surface area contributed by atoms with Gasteiger partial charge in [-0.1, -0.05) is 155 Å². The summed E-state index contributed by atoms with van der Waals surface area (Å²) in [4.78, 5) is 7.88. The Morgan fingerprint density at radius 3 is 1.55 bits per heavy atom. The summed E-state index contributed by atoms with van der Waals surface area (Å²) in [5.74, 6) is 0. The van der Waals surface area contributed by atoms with Gasteiger partial charge in [0.1, 0.15) is 0 Å². The molecule has 4 aliphatic rings. The summed E-state index contributed by atoms with van der Waals surface area (Å²) < 4.78 is 1.33. The topological polar surface area (TPSA) is 9.72 Å². The molecule has 0 unspecified atom stereocenters. The van der Waals surface area contributed by atoms with Gasteiger partial charge in [0.25, 0.3) is 6.71 Å². The van der Waals surface area contributed by atoms with Gasteiger partial charge < -0.3 is 14.7 Å². The van der Waals surface area contributed by atoms with Crippen molar-refractivity contribution in [2.45, 2.75) is 143 Å². The van der Waals surface area contributed by atoms with Gasteiger partial charge in [0.05, 0.1) is 10.7 Å². The average Bonchev–Trinajstić information content (AvgIpc) is 3.70. The van der Waals surface area contributed by atoms with Gasteiger partial charge in [-0.15, -0.1) is 11.3 Å². The molecule has 0 bridgehead atoms. The Balaban J connectivity index is 1.26. The van der Waals surface area contributed by atoms with E-state index in [2.05, 4.69) is 244 Å². The lowest BCUT2D eigenvalue weighted by Gasteiger charge is -2.48. The van der Waals surface area contributed by atoms with E-state index >= 15 is 0 Å². The number of hydrogen-bond donors (Lipinski definition) is 0. The average molecular weight is 948 g/mol. The summed E-state index contributed by atoms with van der Waals surface area (Å²) in [6.07, 6.45) is 4.67. The molecule has 2 aliphatic heterocycles. The largest absolute Gasteiger partial charge is 0.311 e. The van der Waals surface area contributed by atoms with E-state index in [0.717, 1.165) is 29.9 Å². The van der Waals surface area contributed by atoms with Gasteiger partial charge in [-0.05, 0) is 188 Å². The second-order valence-corrected chi connectivity index (χ2v) is 26.3. The van der Waals surface area contributed by atoms with Gasteiger partial charge in [-0.2, -0.15) is 0 Å². The fourth-order valence-electron chi connectivity index (χ4n) is 13.0. The van der Waals surface area contributed by atoms with Crippen molar-refractivity contribution in [2.24, 2.45) is 0 Å². The SMILES string of the molecule is Cc1ccc2sc3c(c2c1)B1c2cc4c(cc2N(c2cc5c(cc2C)C(C)(C)CCC5(C)C)c2cc(N(c5ccccc5)c5ccccc5)cc(c21)N3c1ccc(C(C)(C)C)cc1)C(C)(C)CCC4(C)C. The van der Waals surface area contributed by atoms with Crippen LogP contribution in [0.3, 0.4) is 0 Å². The number of anilines is 9. The first-order valence-electron chi connectivity index (χ1n) is 26.3. The zero-order chi connectivity index (χ0) is 49.7. The minimum Gasteiger partial charge on any atom is -0.311 e. The van der Waals surface area contributed by atoms with Crippen LogP contribution in [0.2, 0.25) is 0 Å². The summed E-state index contributed by atoms with van der Waals surface area (Å²) >= 11 is 1.96. The fourth-order valence-corrected chi connectivity index (χ4v) is 14.2. The predicted octanol–water partition coefficient (Wildman–Crippen LogP) is 17.1. The molecule has 0 amide bonds. The van der Waals surface area contributed by atoms with E-state index in [1.54, 1.807) is 0 Å². The zero-order valence-electron chi connectivity index (χ0n) is 44.4. The van der Waals surface area contributed by atoms with E-state index < -0.39 is 0 Å². The van der Waals surface area contributed by atoms with Crippen LogP contribution in [0.1, 0.15) is 141 Å². The molecule has 0 saturated carbocycles. The standard InChI is InChI=1S/C66H70BN3S/c1-41-24-29-58-48(34-41)59-61(71-58)69(46-27-25-43(26-28-46)62(3,4)5)56-36-47(68(44-20-16-14-17-21-44)45-22-18-15-19-23-45)37-57-60(56)67(59)53-38-50-52(66(12,13)33-31-64(50,8)9)40-55(53)70(57)54-39-51-49(35-42(54)2)63(6,7)30-32-65(51,10)11/h14-29,34-40H,30-33H2,1-13H3. The first kappa shape index (κ1) is 46.1. The van der Waals surface area contributed by atoms with Crippen LogP contribution in [0.15, 0.2) is 140 Å². The van der Waals surface area contributed by atoms with Crippen molar-refractivity contribution in [1.82, 2.24) is 0 Å². The number of para-hydroxylation sites is 2. The molecule has 0 atom stereocenters. The maximum absolute atomic E-state index is 2.75. The third-order valence-corrected chi connectivity index (χ3v) is 18.7. The molecule has 1 aromatic heterocycles. The highest BCUT2D eigenvalue weighted by atomic mass is 32.1. The number of thiophene rings is 1. The molecule has 0 fully saturated rings. The van der Waals surface area contributed by atoms with Crippen LogP contribution in [-0.2, 0) is 27.1 Å². The molecule has 3 heterocycles. The van der Waals surface area contributed by atoms with Crippen LogP contribution in [-0.4, -0.2) is 6.71 Å². The maximum atomic E-state index is 2.75. The van der Waals surface area contributed by atoms with Crippen molar-refractivity contribution in [3.05, 3.63) is 178 Å². The summed E-state index contributed by atoms with van der Waals surface area (Å²) in [6.45, 7) is 31.5. The number of aryl methyl sites for hydroxylation is 2. The number of fused-ring (bicyclic) bond motifs is 8. The van der Waals surface area contributed by atoms with Crippen molar-refractivity contribution >= 4 is 95.0 Å². The van der Waals surface area contributed by atoms with E-state index in [-0.39, 0.29) is 33.8 Å². The summed E-state index contributed by atoms with van der Waals surface area (Å²) in [6, 6.07) is 54.4. The van der Waals surface area contributed by atoms with Crippen LogP contribution in [0.5, 0.6) is 0 Å². The van der Waals surface area contributed by atoms with Crippen molar-refractivity contribution in [1.29, 1.82) is 0 Å². The molecule has 7 aromatic carbocycles. The number of nitrogens with zero attached hydrogens (tertiary/aromatic N) is 3. The maximum Gasteiger partial charge on any atom is 0.254 e. The van der Waals surface area contributed by atoms with Crippen molar-refractivity contribution in [2.75, 3.05) is 14.7 Å². The second-order valence-electron chi connectivity index (χ2n) is 25.3. The summed E-state index contributed by atoms with van der Waals surface area (Å²) in [5, 5.41) is 2.68. The van der Waals surface area contributed by atoms with Crippen molar-refractivity contribution in [3.63, 3.8) is 0 Å². The Morgan fingerprint density at radius 2 is 1.00 bits per heavy atom. The van der Waals surface area contributed by atoms with Crippen molar-refractivity contribution in [3.8, 4) is 0 Å². The molecule has 5 heteroatoms. The van der Waals surface area contributed by atoms with E-state index in [1.807, 2.05) is 11.3 Å². The number of rotatable bonds is 5. The minimum atomic E-state index is -0.00250. The smallest absolute Gasteiger partial charge is 0.254 e. The van der Waals surface area contributed by atoms with E-state index in [9.17, 15) is 0 Å². The van der Waals surface area contributed by atoms with Crippen LogP contribution >= 0.6 is 11.3 Å². The quantitative estimate of drug-likeness (QED) is 0.159. The molecule has 0 saturated heterocycles. The molecule has 0 radical (unpaired) electrons. The second kappa shape index (κ2) is 15.7. The predicted molar refractivity (Wildman–Crippen MR) is 309 cm³/mol. The monoisotopic (exact) mass is 948 g/mol. The van der Waals surface area contributed by atoms with Gasteiger partial charge in [-0.25, -0.2) is 0 Å². The molecule has 3 nitrogen and oxygen atoms in total. The third kappa shape index (κ3) is 7.18. The molecule has 0 N–H and O–H groups in total. The fraction of sp³-hybridized carbons (Fsp3) is 0.333.